The Balaban J connectivity index is 2.04. The summed E-state index contributed by atoms with van der Waals surface area (Å²) in [4.78, 5) is 0. The molecule has 0 aromatic rings. The van der Waals surface area contributed by atoms with Crippen molar-refractivity contribution in [1.82, 2.24) is 0 Å². The van der Waals surface area contributed by atoms with Crippen molar-refractivity contribution in [3.63, 3.8) is 0 Å². The Bertz CT molecular complexity index is 328. The molecule has 0 unspecified atom stereocenters. The molecule has 0 spiro atoms. The molecule has 0 amide bonds. The summed E-state index contributed by atoms with van der Waals surface area (Å²) in [5.74, 6) is 0. The average molecular weight is 310 g/mol. The molecule has 2 rings (SSSR count). The third-order valence-corrected chi connectivity index (χ3v) is 3.77. The van der Waals surface area contributed by atoms with Crippen LogP contribution in [0.3, 0.4) is 0 Å². The molecule has 0 bridgehead atoms. The quantitative estimate of drug-likeness (QED) is 0.425. The molecule has 4 N–H and O–H groups in total. The van der Waals surface area contributed by atoms with Gasteiger partial charge in [0.25, 0.3) is 0 Å². The number of methoxy groups -OCH3 is 2. The van der Waals surface area contributed by atoms with Gasteiger partial charge >= 0.3 is 0 Å². The van der Waals surface area contributed by atoms with Crippen molar-refractivity contribution in [2.75, 3.05) is 27.4 Å². The molecule has 0 aromatic heterocycles. The molecule has 0 aliphatic carbocycles. The molecule has 2 aliphatic rings. The van der Waals surface area contributed by atoms with Crippen LogP contribution in [0.2, 0.25) is 0 Å². The molecular formula is C12H22O9. The smallest absolute Gasteiger partial charge is 0.187 e. The fraction of sp³-hybridized carbons (Fsp3) is 1.00. The Morgan fingerprint density at radius 3 is 2.33 bits per heavy atom. The Morgan fingerprint density at radius 2 is 1.76 bits per heavy atom. The van der Waals surface area contributed by atoms with Crippen LogP contribution in [0.4, 0.5) is 0 Å². The maximum atomic E-state index is 10.1. The largest absolute Gasteiger partial charge is 0.394 e. The summed E-state index contributed by atoms with van der Waals surface area (Å²) in [7, 11) is 2.82. The summed E-state index contributed by atoms with van der Waals surface area (Å²) in [5, 5.41) is 38.6. The van der Waals surface area contributed by atoms with Gasteiger partial charge in [0.1, 0.15) is 36.6 Å². The van der Waals surface area contributed by atoms with Crippen molar-refractivity contribution in [2.45, 2.75) is 49.2 Å². The van der Waals surface area contributed by atoms with Gasteiger partial charge in [-0.05, 0) is 0 Å². The SMILES string of the molecule is CO[C@H]1[C@H](O[C@@H]2[C@@H](O)[C@@H](O)O[C@H]2CO)OC[C@@H](OC)[C@@H]1O. The summed E-state index contributed by atoms with van der Waals surface area (Å²) in [5.41, 5.74) is 0. The monoisotopic (exact) mass is 310 g/mol. The van der Waals surface area contributed by atoms with Gasteiger partial charge in [-0.3, -0.25) is 0 Å². The molecule has 8 atom stereocenters. The highest BCUT2D eigenvalue weighted by molar-refractivity contribution is 4.90. The average Bonchev–Trinajstić information content (AvgIpc) is 2.75. The van der Waals surface area contributed by atoms with Crippen LogP contribution in [-0.4, -0.2) is 97.1 Å². The van der Waals surface area contributed by atoms with Gasteiger partial charge in [0, 0.05) is 14.2 Å². The van der Waals surface area contributed by atoms with E-state index in [2.05, 4.69) is 0 Å². The molecule has 124 valence electrons. The van der Waals surface area contributed by atoms with Gasteiger partial charge in [-0.1, -0.05) is 0 Å². The van der Waals surface area contributed by atoms with Crippen LogP contribution in [0.5, 0.6) is 0 Å². The van der Waals surface area contributed by atoms with Crippen LogP contribution >= 0.6 is 0 Å². The molecule has 2 aliphatic heterocycles. The standard InChI is InChI=1S/C12H22O9/c1-17-6-4-19-12(10(18-2)7(6)14)21-9-5(3-13)20-11(16)8(9)15/h5-16H,3-4H2,1-2H3/t5-,6+,7-,8+,9-,10+,11-,12-/m0/s1. The van der Waals surface area contributed by atoms with Crippen LogP contribution in [0.1, 0.15) is 0 Å². The fourth-order valence-electron chi connectivity index (χ4n) is 2.52. The van der Waals surface area contributed by atoms with Crippen molar-refractivity contribution in [2.24, 2.45) is 0 Å². The first-order valence-corrected chi connectivity index (χ1v) is 6.66. The number of ether oxygens (including phenoxy) is 5. The third kappa shape index (κ3) is 3.36. The summed E-state index contributed by atoms with van der Waals surface area (Å²) >= 11 is 0. The second kappa shape index (κ2) is 7.27. The van der Waals surface area contributed by atoms with Crippen molar-refractivity contribution in [3.8, 4) is 0 Å². The minimum Gasteiger partial charge on any atom is -0.394 e. The van der Waals surface area contributed by atoms with E-state index in [0.717, 1.165) is 0 Å². The maximum absolute atomic E-state index is 10.1. The van der Waals surface area contributed by atoms with Crippen molar-refractivity contribution in [3.05, 3.63) is 0 Å². The Labute approximate surface area is 121 Å². The molecule has 0 saturated carbocycles. The topological polar surface area (TPSA) is 127 Å². The second-order valence-electron chi connectivity index (χ2n) is 5.01. The Hall–Kier alpha value is -0.360. The van der Waals surface area contributed by atoms with E-state index in [1.165, 1.54) is 14.2 Å². The molecular weight excluding hydrogens is 288 g/mol. The van der Waals surface area contributed by atoms with Crippen LogP contribution in [0.15, 0.2) is 0 Å². The molecule has 0 radical (unpaired) electrons. The predicted octanol–water partition coefficient (Wildman–Crippen LogP) is -2.81. The lowest BCUT2D eigenvalue weighted by Gasteiger charge is -2.39. The zero-order valence-corrected chi connectivity index (χ0v) is 11.9. The molecule has 0 aromatic carbocycles. The van der Waals surface area contributed by atoms with Gasteiger partial charge in [-0.25, -0.2) is 0 Å². The molecule has 2 heterocycles. The highest BCUT2D eigenvalue weighted by atomic mass is 16.7. The lowest BCUT2D eigenvalue weighted by molar-refractivity contribution is -0.298. The van der Waals surface area contributed by atoms with E-state index in [4.69, 9.17) is 23.7 Å². The molecule has 2 saturated heterocycles. The van der Waals surface area contributed by atoms with Gasteiger partial charge in [0.15, 0.2) is 12.6 Å². The van der Waals surface area contributed by atoms with E-state index >= 15 is 0 Å². The van der Waals surface area contributed by atoms with Crippen LogP contribution in [-0.2, 0) is 23.7 Å². The molecule has 21 heavy (non-hydrogen) atoms. The lowest BCUT2D eigenvalue weighted by atomic mass is 10.0. The normalized spacial score (nSPS) is 47.7. The van der Waals surface area contributed by atoms with E-state index < -0.39 is 55.8 Å². The number of hydrogen-bond acceptors (Lipinski definition) is 9. The van der Waals surface area contributed by atoms with Crippen molar-refractivity contribution in [1.29, 1.82) is 0 Å². The second-order valence-corrected chi connectivity index (χ2v) is 5.01. The van der Waals surface area contributed by atoms with Gasteiger partial charge in [0.05, 0.1) is 13.2 Å². The zero-order chi connectivity index (χ0) is 15.6. The Kier molecular flexibility index (Phi) is 5.88. The van der Waals surface area contributed by atoms with Gasteiger partial charge in [-0.2, -0.15) is 0 Å². The van der Waals surface area contributed by atoms with Crippen molar-refractivity contribution < 1.29 is 44.1 Å². The van der Waals surface area contributed by atoms with E-state index in [1.807, 2.05) is 0 Å². The summed E-state index contributed by atoms with van der Waals surface area (Å²) in [6.07, 6.45) is -8.04. The first kappa shape index (κ1) is 17.0. The summed E-state index contributed by atoms with van der Waals surface area (Å²) < 4.78 is 26.2. The van der Waals surface area contributed by atoms with Gasteiger partial charge in [-0.15, -0.1) is 0 Å². The van der Waals surface area contributed by atoms with Crippen LogP contribution < -0.4 is 0 Å². The lowest BCUT2D eigenvalue weighted by Crippen LogP contribution is -2.57. The molecule has 9 heteroatoms. The van der Waals surface area contributed by atoms with Gasteiger partial charge in [0.2, 0.25) is 0 Å². The van der Waals surface area contributed by atoms with Gasteiger partial charge < -0.3 is 44.1 Å². The number of aliphatic hydroxyl groups is 4. The molecule has 9 nitrogen and oxygen atoms in total. The zero-order valence-electron chi connectivity index (χ0n) is 11.9. The fourth-order valence-corrected chi connectivity index (χ4v) is 2.52. The summed E-state index contributed by atoms with van der Waals surface area (Å²) in [6, 6.07) is 0. The highest BCUT2D eigenvalue weighted by Gasteiger charge is 2.48. The third-order valence-electron chi connectivity index (χ3n) is 3.77. The van der Waals surface area contributed by atoms with Crippen LogP contribution in [0.25, 0.3) is 0 Å². The minimum absolute atomic E-state index is 0.0816. The summed E-state index contributed by atoms with van der Waals surface area (Å²) in [6.45, 7) is -0.357. The maximum Gasteiger partial charge on any atom is 0.187 e. The number of aliphatic hydroxyl groups excluding tert-OH is 4. The number of hydrogen-bond donors (Lipinski definition) is 4. The van der Waals surface area contributed by atoms with Crippen LogP contribution in [0, 0.1) is 0 Å². The number of rotatable bonds is 5. The van der Waals surface area contributed by atoms with Crippen molar-refractivity contribution >= 4 is 0 Å². The first-order chi connectivity index (χ1) is 10.0. The van der Waals surface area contributed by atoms with E-state index in [0.29, 0.717) is 0 Å². The predicted molar refractivity (Wildman–Crippen MR) is 66.2 cm³/mol. The first-order valence-electron chi connectivity index (χ1n) is 6.66. The molecule has 2 fully saturated rings. The highest BCUT2D eigenvalue weighted by Crippen LogP contribution is 2.28. The van der Waals surface area contributed by atoms with E-state index in [-0.39, 0.29) is 6.61 Å². The minimum atomic E-state index is -1.45. The Morgan fingerprint density at radius 1 is 1.05 bits per heavy atom. The van der Waals surface area contributed by atoms with E-state index in [9.17, 15) is 20.4 Å². The van der Waals surface area contributed by atoms with E-state index in [1.54, 1.807) is 0 Å².